The second-order valence-corrected chi connectivity index (χ2v) is 10.6. The van der Waals surface area contributed by atoms with Gasteiger partial charge in [0, 0.05) is 16.7 Å². The fourth-order valence-electron chi connectivity index (χ4n) is 5.69. The Labute approximate surface area is 260 Å². The second kappa shape index (κ2) is 11.7. The van der Waals surface area contributed by atoms with Gasteiger partial charge in [0.2, 0.25) is 0 Å². The van der Waals surface area contributed by atoms with Gasteiger partial charge in [-0.15, -0.1) is 0 Å². The highest BCUT2D eigenvalue weighted by Crippen LogP contribution is 2.44. The molecule has 6 rings (SSSR count). The normalized spacial score (nSPS) is 11.0. The highest BCUT2D eigenvalue weighted by atomic mass is 16.3. The number of phenols is 5. The highest BCUT2D eigenvalue weighted by molar-refractivity contribution is 6.00. The van der Waals surface area contributed by atoms with Crippen LogP contribution in [0.1, 0.15) is 37.5 Å². The lowest BCUT2D eigenvalue weighted by Gasteiger charge is -2.16. The largest absolute Gasteiger partial charge is 0.508 e. The van der Waals surface area contributed by atoms with Crippen molar-refractivity contribution in [3.8, 4) is 51.0 Å². The van der Waals surface area contributed by atoms with Crippen molar-refractivity contribution < 1.29 is 35.7 Å². The summed E-state index contributed by atoms with van der Waals surface area (Å²) in [7, 11) is 0. The number of aliphatic hydroxyl groups excluding tert-OH is 2. The van der Waals surface area contributed by atoms with Gasteiger partial charge in [-0.2, -0.15) is 0 Å². The third-order valence-corrected chi connectivity index (χ3v) is 7.90. The van der Waals surface area contributed by atoms with Crippen LogP contribution < -0.4 is 0 Å². The zero-order valence-electron chi connectivity index (χ0n) is 25.2. The fourth-order valence-corrected chi connectivity index (χ4v) is 5.69. The van der Waals surface area contributed by atoms with Crippen LogP contribution in [0.5, 0.6) is 28.7 Å². The Balaban J connectivity index is 0.00000196. The van der Waals surface area contributed by atoms with Gasteiger partial charge in [-0.1, -0.05) is 40.0 Å². The first-order valence-corrected chi connectivity index (χ1v) is 14.5. The van der Waals surface area contributed by atoms with Gasteiger partial charge < -0.3 is 35.7 Å². The molecule has 0 aromatic heterocycles. The predicted molar refractivity (Wildman–Crippen MR) is 182 cm³/mol. The molecule has 0 atom stereocenters. The maximum absolute atomic E-state index is 11.2. The van der Waals surface area contributed by atoms with E-state index in [1.807, 2.05) is 32.9 Å². The van der Waals surface area contributed by atoms with E-state index in [-0.39, 0.29) is 51.4 Å². The maximum Gasteiger partial charge on any atom is 0.127 e. The van der Waals surface area contributed by atoms with Gasteiger partial charge in [0.15, 0.2) is 0 Å². The SMILES string of the molecule is C=C(O)c1cc2cc(O)c(-c3cc4cc(O)c(-c5cc6cc(O)c(C(=C)O)cc6cc5CC)cc4cc3O)cc2cc1O.CC. The molecule has 7 nitrogen and oxygen atoms in total. The van der Waals surface area contributed by atoms with E-state index in [1.54, 1.807) is 42.5 Å². The first-order chi connectivity index (χ1) is 21.4. The third kappa shape index (κ3) is 5.40. The molecular formula is C38H34O7. The minimum absolute atomic E-state index is 0.00665. The van der Waals surface area contributed by atoms with Crippen molar-refractivity contribution in [3.05, 3.63) is 103 Å². The molecule has 7 heteroatoms. The molecule has 228 valence electrons. The van der Waals surface area contributed by atoms with E-state index in [9.17, 15) is 35.7 Å². The summed E-state index contributed by atoms with van der Waals surface area (Å²) in [6.45, 7) is 12.9. The Hall–Kier alpha value is -5.82. The van der Waals surface area contributed by atoms with Crippen LogP contribution in [0.4, 0.5) is 0 Å². The Morgan fingerprint density at radius 3 is 1.09 bits per heavy atom. The van der Waals surface area contributed by atoms with E-state index in [2.05, 4.69) is 13.2 Å². The summed E-state index contributed by atoms with van der Waals surface area (Å²) in [4.78, 5) is 0. The number of hydrogen-bond donors (Lipinski definition) is 7. The van der Waals surface area contributed by atoms with Crippen LogP contribution in [0.25, 0.3) is 66.1 Å². The summed E-state index contributed by atoms with van der Waals surface area (Å²) in [5.41, 5.74) is 3.26. The molecule has 0 radical (unpaired) electrons. The molecule has 0 aliphatic rings. The predicted octanol–water partition coefficient (Wildman–Crippen LogP) is 9.65. The van der Waals surface area contributed by atoms with Crippen molar-refractivity contribution in [3.63, 3.8) is 0 Å². The van der Waals surface area contributed by atoms with E-state index in [0.29, 0.717) is 50.0 Å². The van der Waals surface area contributed by atoms with Gasteiger partial charge in [-0.05, 0) is 117 Å². The van der Waals surface area contributed by atoms with E-state index < -0.39 is 0 Å². The van der Waals surface area contributed by atoms with Crippen molar-refractivity contribution in [2.75, 3.05) is 0 Å². The molecule has 0 aliphatic carbocycles. The van der Waals surface area contributed by atoms with Crippen molar-refractivity contribution in [1.29, 1.82) is 0 Å². The van der Waals surface area contributed by atoms with Gasteiger partial charge in [-0.3, -0.25) is 0 Å². The lowest BCUT2D eigenvalue weighted by molar-refractivity contribution is 0.460. The van der Waals surface area contributed by atoms with Gasteiger partial charge in [0.05, 0.1) is 11.1 Å². The second-order valence-electron chi connectivity index (χ2n) is 10.6. The third-order valence-electron chi connectivity index (χ3n) is 7.90. The van der Waals surface area contributed by atoms with Gasteiger partial charge >= 0.3 is 0 Å². The first kappa shape index (κ1) is 30.6. The summed E-state index contributed by atoms with van der Waals surface area (Å²) >= 11 is 0. The number of phenolic OH excluding ortho intramolecular Hbond substituents is 5. The van der Waals surface area contributed by atoms with Crippen molar-refractivity contribution in [2.24, 2.45) is 0 Å². The average Bonchev–Trinajstić information content (AvgIpc) is 3.00. The van der Waals surface area contributed by atoms with E-state index >= 15 is 0 Å². The van der Waals surface area contributed by atoms with Gasteiger partial charge in [-0.25, -0.2) is 0 Å². The molecule has 0 aliphatic heterocycles. The van der Waals surface area contributed by atoms with E-state index in [4.69, 9.17) is 0 Å². The molecule has 0 bridgehead atoms. The van der Waals surface area contributed by atoms with Crippen molar-refractivity contribution in [1.82, 2.24) is 0 Å². The summed E-state index contributed by atoms with van der Waals surface area (Å²) in [5.74, 6) is -1.03. The summed E-state index contributed by atoms with van der Waals surface area (Å²) in [5, 5.41) is 77.3. The first-order valence-electron chi connectivity index (χ1n) is 14.5. The number of benzene rings is 6. The van der Waals surface area contributed by atoms with E-state index in [1.165, 1.54) is 18.2 Å². The van der Waals surface area contributed by atoms with Crippen LogP contribution in [0.2, 0.25) is 0 Å². The molecule has 0 spiro atoms. The van der Waals surface area contributed by atoms with Gasteiger partial charge in [0.25, 0.3) is 0 Å². The highest BCUT2D eigenvalue weighted by Gasteiger charge is 2.18. The van der Waals surface area contributed by atoms with Crippen LogP contribution in [0, 0.1) is 0 Å². The summed E-state index contributed by atoms with van der Waals surface area (Å²) in [6.07, 6.45) is 0.647. The molecule has 0 saturated carbocycles. The average molecular weight is 603 g/mol. The standard InChI is InChI=1S/C36H28O7.C2H6/c1-4-19-5-20-6-26(17(2)37)32(39)12-22(20)8-28(19)29-9-23-16-36(43)31(11-25(23)15-34(29)41)30-10-24-13-33(40)27(18(3)38)7-21(24)14-35(30)42;1-2/h5-16,37-43H,2-4H2,1H3;1-2H3. The Morgan fingerprint density at radius 1 is 0.444 bits per heavy atom. The van der Waals surface area contributed by atoms with Crippen molar-refractivity contribution >= 4 is 43.8 Å². The van der Waals surface area contributed by atoms with Crippen LogP contribution in [-0.4, -0.2) is 35.7 Å². The zero-order chi connectivity index (χ0) is 32.7. The molecule has 0 amide bonds. The van der Waals surface area contributed by atoms with Crippen LogP contribution in [-0.2, 0) is 6.42 Å². The topological polar surface area (TPSA) is 142 Å². The fraction of sp³-hybridized carbons (Fsp3) is 0.105. The summed E-state index contributed by atoms with van der Waals surface area (Å²) < 4.78 is 0. The number of rotatable bonds is 5. The molecule has 0 fully saturated rings. The molecule has 45 heavy (non-hydrogen) atoms. The number of fused-ring (bicyclic) bond motifs is 3. The smallest absolute Gasteiger partial charge is 0.127 e. The van der Waals surface area contributed by atoms with Crippen LogP contribution in [0.15, 0.2) is 86.0 Å². The number of aryl methyl sites for hydroxylation is 1. The molecule has 6 aromatic carbocycles. The molecule has 0 heterocycles. The molecule has 0 unspecified atom stereocenters. The molecular weight excluding hydrogens is 568 g/mol. The molecule has 6 aromatic rings. The monoisotopic (exact) mass is 602 g/mol. The maximum atomic E-state index is 11.2. The number of aliphatic hydroxyl groups is 2. The Kier molecular flexibility index (Phi) is 7.96. The Morgan fingerprint density at radius 2 is 0.733 bits per heavy atom. The number of hydrogen-bond acceptors (Lipinski definition) is 7. The lowest BCUT2D eigenvalue weighted by Crippen LogP contribution is -1.92. The van der Waals surface area contributed by atoms with Gasteiger partial charge in [0.1, 0.15) is 40.3 Å². The molecule has 0 saturated heterocycles. The molecule has 7 N–H and O–H groups in total. The van der Waals surface area contributed by atoms with Crippen molar-refractivity contribution in [2.45, 2.75) is 27.2 Å². The summed E-state index contributed by atoms with van der Waals surface area (Å²) in [6, 6.07) is 19.7. The quantitative estimate of drug-likeness (QED) is 0.0974. The van der Waals surface area contributed by atoms with Crippen LogP contribution >= 0.6 is 0 Å². The minimum Gasteiger partial charge on any atom is -0.508 e. The lowest BCUT2D eigenvalue weighted by atomic mass is 9.90. The van der Waals surface area contributed by atoms with Crippen LogP contribution in [0.3, 0.4) is 0 Å². The Bertz CT molecular complexity index is 2180. The zero-order valence-corrected chi connectivity index (χ0v) is 25.2. The minimum atomic E-state index is -0.302. The number of aromatic hydroxyl groups is 5. The van der Waals surface area contributed by atoms with E-state index in [0.717, 1.165) is 16.5 Å².